The number of aromatic nitrogens is 2. The molecular formula is C25H29N3O3. The molecule has 0 fully saturated rings. The van der Waals surface area contributed by atoms with Crippen molar-refractivity contribution in [3.05, 3.63) is 99.2 Å². The Morgan fingerprint density at radius 3 is 2.55 bits per heavy atom. The van der Waals surface area contributed by atoms with Crippen LogP contribution < -0.4 is 10.7 Å². The summed E-state index contributed by atoms with van der Waals surface area (Å²) in [4.78, 5) is 30.5. The van der Waals surface area contributed by atoms with Crippen molar-refractivity contribution in [1.82, 2.24) is 14.9 Å². The molecule has 6 heteroatoms. The lowest BCUT2D eigenvalue weighted by Gasteiger charge is -2.21. The standard InChI is InChI=1S/C25H29N3O3/c1-18(17-31-3)27-25(30)24-22(13-12-20-9-5-4-6-10-20)28(19(2)15-23(24)29)16-21-11-7-8-14-26-21/h4-11,14-15,18H,12-13,16-17H2,1-3H3,(H,27,30). The molecule has 1 aromatic carbocycles. The van der Waals surface area contributed by atoms with Crippen LogP contribution in [0.5, 0.6) is 0 Å². The summed E-state index contributed by atoms with van der Waals surface area (Å²) in [7, 11) is 1.58. The van der Waals surface area contributed by atoms with Crippen LogP contribution in [-0.2, 0) is 24.1 Å². The van der Waals surface area contributed by atoms with E-state index in [9.17, 15) is 9.59 Å². The van der Waals surface area contributed by atoms with Crippen molar-refractivity contribution in [3.8, 4) is 0 Å². The van der Waals surface area contributed by atoms with Gasteiger partial charge in [0, 0.05) is 36.8 Å². The van der Waals surface area contributed by atoms with E-state index >= 15 is 0 Å². The Bertz CT molecular complexity index is 1060. The summed E-state index contributed by atoms with van der Waals surface area (Å²) in [5.74, 6) is -0.368. The number of hydrogen-bond donors (Lipinski definition) is 1. The molecule has 1 atom stereocenters. The van der Waals surface area contributed by atoms with Crippen molar-refractivity contribution < 1.29 is 9.53 Å². The minimum atomic E-state index is -0.368. The molecule has 0 aliphatic heterocycles. The van der Waals surface area contributed by atoms with E-state index in [1.54, 1.807) is 13.3 Å². The molecule has 0 aliphatic carbocycles. The van der Waals surface area contributed by atoms with Crippen LogP contribution in [0.4, 0.5) is 0 Å². The van der Waals surface area contributed by atoms with Crippen molar-refractivity contribution >= 4 is 5.91 Å². The molecule has 0 saturated heterocycles. The first-order valence-electron chi connectivity index (χ1n) is 10.5. The smallest absolute Gasteiger partial charge is 0.257 e. The fourth-order valence-electron chi connectivity index (χ4n) is 3.70. The SMILES string of the molecule is COCC(C)NC(=O)c1c(CCc2ccccc2)n(Cc2ccccn2)c(C)cc1=O. The normalized spacial score (nSPS) is 11.8. The molecule has 1 unspecified atom stereocenters. The third-order valence-electron chi connectivity index (χ3n) is 5.19. The summed E-state index contributed by atoms with van der Waals surface area (Å²) in [6.07, 6.45) is 3.03. The van der Waals surface area contributed by atoms with E-state index in [-0.39, 0.29) is 22.9 Å². The van der Waals surface area contributed by atoms with E-state index in [4.69, 9.17) is 4.74 Å². The lowest BCUT2D eigenvalue weighted by molar-refractivity contribution is 0.0902. The zero-order chi connectivity index (χ0) is 22.2. The summed E-state index contributed by atoms with van der Waals surface area (Å²) in [5, 5.41) is 2.89. The second-order valence-electron chi connectivity index (χ2n) is 7.69. The number of benzene rings is 1. The first kappa shape index (κ1) is 22.4. The minimum Gasteiger partial charge on any atom is -0.383 e. The highest BCUT2D eigenvalue weighted by Crippen LogP contribution is 2.15. The van der Waals surface area contributed by atoms with E-state index < -0.39 is 0 Å². The molecule has 6 nitrogen and oxygen atoms in total. The molecule has 0 spiro atoms. The maximum Gasteiger partial charge on any atom is 0.257 e. The molecule has 0 saturated carbocycles. The van der Waals surface area contributed by atoms with Gasteiger partial charge in [0.2, 0.25) is 0 Å². The Balaban J connectivity index is 2.03. The number of aryl methyl sites for hydroxylation is 2. The largest absolute Gasteiger partial charge is 0.383 e. The number of pyridine rings is 2. The molecule has 1 N–H and O–H groups in total. The number of amides is 1. The fourth-order valence-corrected chi connectivity index (χ4v) is 3.70. The average molecular weight is 420 g/mol. The van der Waals surface area contributed by atoms with Crippen molar-refractivity contribution in [1.29, 1.82) is 0 Å². The van der Waals surface area contributed by atoms with Gasteiger partial charge in [0.05, 0.1) is 18.8 Å². The Morgan fingerprint density at radius 2 is 1.87 bits per heavy atom. The maximum atomic E-state index is 13.1. The van der Waals surface area contributed by atoms with Crippen LogP contribution in [0.15, 0.2) is 65.6 Å². The van der Waals surface area contributed by atoms with Gasteiger partial charge in [-0.1, -0.05) is 36.4 Å². The summed E-state index contributed by atoms with van der Waals surface area (Å²) in [5.41, 5.74) is 3.48. The highest BCUT2D eigenvalue weighted by Gasteiger charge is 2.22. The zero-order valence-corrected chi connectivity index (χ0v) is 18.3. The second-order valence-corrected chi connectivity index (χ2v) is 7.69. The molecule has 3 rings (SSSR count). The van der Waals surface area contributed by atoms with Crippen molar-refractivity contribution in [2.75, 3.05) is 13.7 Å². The quantitative estimate of drug-likeness (QED) is 0.578. The van der Waals surface area contributed by atoms with Gasteiger partial charge in [0.15, 0.2) is 5.43 Å². The third-order valence-corrected chi connectivity index (χ3v) is 5.19. The van der Waals surface area contributed by atoms with Gasteiger partial charge < -0.3 is 14.6 Å². The molecule has 1 amide bonds. The minimum absolute atomic E-state index is 0.195. The lowest BCUT2D eigenvalue weighted by Crippen LogP contribution is -2.39. The van der Waals surface area contributed by atoms with Crippen LogP contribution in [0, 0.1) is 6.92 Å². The molecular weight excluding hydrogens is 390 g/mol. The predicted octanol–water partition coefficient (Wildman–Crippen LogP) is 3.15. The van der Waals surface area contributed by atoms with Crippen molar-refractivity contribution in [2.45, 2.75) is 39.3 Å². The molecule has 0 radical (unpaired) electrons. The molecule has 0 bridgehead atoms. The van der Waals surface area contributed by atoms with Gasteiger partial charge in [-0.05, 0) is 44.4 Å². The number of ether oxygens (including phenoxy) is 1. The Morgan fingerprint density at radius 1 is 1.13 bits per heavy atom. The highest BCUT2D eigenvalue weighted by atomic mass is 16.5. The van der Waals surface area contributed by atoms with Gasteiger partial charge in [-0.15, -0.1) is 0 Å². The predicted molar refractivity (Wildman–Crippen MR) is 121 cm³/mol. The first-order valence-corrected chi connectivity index (χ1v) is 10.5. The van der Waals surface area contributed by atoms with Gasteiger partial charge in [0.1, 0.15) is 5.56 Å². The van der Waals surface area contributed by atoms with Gasteiger partial charge >= 0.3 is 0 Å². The number of methoxy groups -OCH3 is 1. The number of nitrogens with zero attached hydrogens (tertiary/aromatic N) is 2. The molecule has 162 valence electrons. The molecule has 0 aliphatic rings. The molecule has 2 heterocycles. The van der Waals surface area contributed by atoms with Crippen molar-refractivity contribution in [3.63, 3.8) is 0 Å². The molecule has 31 heavy (non-hydrogen) atoms. The van der Waals surface area contributed by atoms with E-state index in [0.29, 0.717) is 19.6 Å². The van der Waals surface area contributed by atoms with Crippen LogP contribution in [0.2, 0.25) is 0 Å². The maximum absolute atomic E-state index is 13.1. The number of rotatable bonds is 9. The first-order chi connectivity index (χ1) is 15.0. The monoisotopic (exact) mass is 419 g/mol. The number of hydrogen-bond acceptors (Lipinski definition) is 4. The Kier molecular flexibility index (Phi) is 7.73. The summed E-state index contributed by atoms with van der Waals surface area (Å²) in [6.45, 7) is 4.61. The average Bonchev–Trinajstić information content (AvgIpc) is 2.75. The Hall–Kier alpha value is -3.25. The zero-order valence-electron chi connectivity index (χ0n) is 18.3. The summed E-state index contributed by atoms with van der Waals surface area (Å²) < 4.78 is 7.15. The fraction of sp³-hybridized carbons (Fsp3) is 0.320. The lowest BCUT2D eigenvalue weighted by atomic mass is 10.0. The van der Waals surface area contributed by atoms with E-state index in [2.05, 4.69) is 22.4 Å². The van der Waals surface area contributed by atoms with Gasteiger partial charge in [-0.2, -0.15) is 0 Å². The van der Waals surface area contributed by atoms with Gasteiger partial charge in [-0.25, -0.2) is 0 Å². The molecule has 3 aromatic rings. The summed E-state index contributed by atoms with van der Waals surface area (Å²) in [6, 6.07) is 17.1. The highest BCUT2D eigenvalue weighted by molar-refractivity contribution is 5.95. The summed E-state index contributed by atoms with van der Waals surface area (Å²) >= 11 is 0. The van der Waals surface area contributed by atoms with Gasteiger partial charge in [0.25, 0.3) is 5.91 Å². The Labute approximate surface area is 182 Å². The second kappa shape index (κ2) is 10.7. The topological polar surface area (TPSA) is 73.2 Å². The number of nitrogens with one attached hydrogen (secondary N) is 1. The van der Waals surface area contributed by atoms with Crippen LogP contribution in [-0.4, -0.2) is 35.2 Å². The third kappa shape index (κ3) is 5.89. The van der Waals surface area contributed by atoms with Crippen LogP contribution in [0.1, 0.15) is 39.9 Å². The van der Waals surface area contributed by atoms with Gasteiger partial charge in [-0.3, -0.25) is 14.6 Å². The van der Waals surface area contributed by atoms with E-state index in [1.165, 1.54) is 6.07 Å². The van der Waals surface area contributed by atoms with E-state index in [1.807, 2.05) is 54.8 Å². The number of carbonyl (C=O) groups excluding carboxylic acids is 1. The molecule has 2 aromatic heterocycles. The van der Waals surface area contributed by atoms with E-state index in [0.717, 1.165) is 29.1 Å². The van der Waals surface area contributed by atoms with Crippen LogP contribution >= 0.6 is 0 Å². The van der Waals surface area contributed by atoms with Crippen LogP contribution in [0.3, 0.4) is 0 Å². The van der Waals surface area contributed by atoms with Crippen molar-refractivity contribution in [2.24, 2.45) is 0 Å². The number of carbonyl (C=O) groups is 1. The van der Waals surface area contributed by atoms with Crippen LogP contribution in [0.25, 0.3) is 0 Å².